The number of allylic oxidation sites excluding steroid dienone is 1. The summed E-state index contributed by atoms with van der Waals surface area (Å²) in [7, 11) is 0. The van der Waals surface area contributed by atoms with E-state index < -0.39 is 11.4 Å². The minimum Gasteiger partial charge on any atom is -0.499 e. The van der Waals surface area contributed by atoms with Gasteiger partial charge in [0.25, 0.3) is 0 Å². The smallest absolute Gasteiger partial charge is 0.171 e. The molecule has 1 spiro atoms. The first kappa shape index (κ1) is 33.9. The van der Waals surface area contributed by atoms with Gasteiger partial charge in [-0.2, -0.15) is 0 Å². The van der Waals surface area contributed by atoms with Crippen LogP contribution in [0.25, 0.3) is 6.08 Å². The Labute approximate surface area is 276 Å². The van der Waals surface area contributed by atoms with Crippen molar-refractivity contribution in [3.63, 3.8) is 0 Å². The minimum absolute atomic E-state index is 0.00162. The number of aliphatic hydroxyl groups excluding tert-OH is 1. The molecule has 1 aliphatic heterocycles. The van der Waals surface area contributed by atoms with Gasteiger partial charge in [-0.1, -0.05) is 69.3 Å². The molecule has 4 fully saturated rings. The van der Waals surface area contributed by atoms with E-state index in [0.29, 0.717) is 38.1 Å². The van der Waals surface area contributed by atoms with Gasteiger partial charge in [0, 0.05) is 50.4 Å². The molecule has 1 aromatic carbocycles. The van der Waals surface area contributed by atoms with Crippen LogP contribution < -0.4 is 10.6 Å². The molecule has 4 N–H and O–H groups in total. The van der Waals surface area contributed by atoms with Crippen molar-refractivity contribution in [2.24, 2.45) is 22.7 Å². The summed E-state index contributed by atoms with van der Waals surface area (Å²) in [5.74, 6) is 1.23. The summed E-state index contributed by atoms with van der Waals surface area (Å²) >= 11 is 0. The standard InChI is InChI=1S/C39H58N2O5/c1-6-44-27(2)17-21-41-26-40-20-7-8-28-9-11-29(12-10-28)31-22-37(5)32(13-14-34(37)42)30-15-18-38(43)23-39(19-16-33(38)35(30)31)45-24-36(3,4)25-46-39/h7-12,30-32,34,40-43H,2,6,13-26H2,1,3-5H3/b8-7+/t30?,31-,32?,34?,37?,38-/m1/s1. The molecule has 6 atom stereocenters. The van der Waals surface area contributed by atoms with Crippen LogP contribution in [0.4, 0.5) is 0 Å². The molecule has 254 valence electrons. The van der Waals surface area contributed by atoms with Gasteiger partial charge in [-0.15, -0.1) is 0 Å². The van der Waals surface area contributed by atoms with Crippen molar-refractivity contribution in [3.8, 4) is 0 Å². The van der Waals surface area contributed by atoms with Crippen LogP contribution in [0.5, 0.6) is 0 Å². The van der Waals surface area contributed by atoms with Crippen LogP contribution in [0.3, 0.4) is 0 Å². The van der Waals surface area contributed by atoms with E-state index in [-0.39, 0.29) is 22.9 Å². The highest BCUT2D eigenvalue weighted by molar-refractivity contribution is 5.51. The monoisotopic (exact) mass is 634 g/mol. The molecule has 46 heavy (non-hydrogen) atoms. The first-order valence-corrected chi connectivity index (χ1v) is 17.9. The number of benzene rings is 1. The zero-order valence-electron chi connectivity index (χ0n) is 28.7. The van der Waals surface area contributed by atoms with Crippen molar-refractivity contribution in [1.82, 2.24) is 10.6 Å². The second-order valence-corrected chi connectivity index (χ2v) is 15.8. The SMILES string of the molecule is C=C(CCNCNC/C=C/c1ccc([C@H]2CC3(C)C(O)CCC3C3CC[C@@]4(O)CC5(CCC4=C32)OCC(C)(C)CO5)cc1)OCC. The molecule has 0 amide bonds. The molecular weight excluding hydrogens is 576 g/mol. The zero-order valence-corrected chi connectivity index (χ0v) is 28.7. The highest BCUT2D eigenvalue weighted by atomic mass is 16.7. The van der Waals surface area contributed by atoms with E-state index in [1.54, 1.807) is 0 Å². The third-order valence-corrected chi connectivity index (χ3v) is 11.9. The second kappa shape index (κ2) is 13.5. The first-order chi connectivity index (χ1) is 22.0. The zero-order chi connectivity index (χ0) is 32.6. The normalized spacial score (nSPS) is 34.7. The molecule has 4 unspecified atom stereocenters. The van der Waals surface area contributed by atoms with Gasteiger partial charge in [-0.05, 0) is 79.4 Å². The number of hydrogen-bond acceptors (Lipinski definition) is 7. The van der Waals surface area contributed by atoms with E-state index >= 15 is 0 Å². The van der Waals surface area contributed by atoms with Gasteiger partial charge >= 0.3 is 0 Å². The number of nitrogens with one attached hydrogen (secondary N) is 2. The predicted molar refractivity (Wildman–Crippen MR) is 183 cm³/mol. The fourth-order valence-corrected chi connectivity index (χ4v) is 9.40. The summed E-state index contributed by atoms with van der Waals surface area (Å²) in [5.41, 5.74) is 4.22. The van der Waals surface area contributed by atoms with Crippen molar-refractivity contribution in [1.29, 1.82) is 0 Å². The summed E-state index contributed by atoms with van der Waals surface area (Å²) in [6.07, 6.45) is 11.6. The van der Waals surface area contributed by atoms with E-state index in [0.717, 1.165) is 76.9 Å². The van der Waals surface area contributed by atoms with Crippen LogP contribution in [-0.4, -0.2) is 67.3 Å². The average Bonchev–Trinajstić information content (AvgIpc) is 3.33. The van der Waals surface area contributed by atoms with Gasteiger partial charge in [-0.3, -0.25) is 0 Å². The van der Waals surface area contributed by atoms with Gasteiger partial charge < -0.3 is 35.1 Å². The molecule has 7 nitrogen and oxygen atoms in total. The molecule has 5 aliphatic rings. The Kier molecular flexibility index (Phi) is 9.93. The molecule has 6 rings (SSSR count). The Morgan fingerprint density at radius 3 is 2.57 bits per heavy atom. The third kappa shape index (κ3) is 6.79. The van der Waals surface area contributed by atoms with E-state index in [1.807, 2.05) is 6.92 Å². The second-order valence-electron chi connectivity index (χ2n) is 15.8. The summed E-state index contributed by atoms with van der Waals surface area (Å²) in [6, 6.07) is 9.01. The quantitative estimate of drug-likeness (QED) is 0.0965. The minimum atomic E-state index is -0.892. The van der Waals surface area contributed by atoms with Crippen LogP contribution >= 0.6 is 0 Å². The molecule has 7 heteroatoms. The molecule has 0 radical (unpaired) electrons. The summed E-state index contributed by atoms with van der Waals surface area (Å²) in [5, 5.41) is 30.4. The Morgan fingerprint density at radius 1 is 1.07 bits per heavy atom. The Morgan fingerprint density at radius 2 is 1.83 bits per heavy atom. The Bertz CT molecular complexity index is 1290. The van der Waals surface area contributed by atoms with E-state index in [2.05, 4.69) is 74.4 Å². The van der Waals surface area contributed by atoms with Crippen molar-refractivity contribution >= 4 is 6.08 Å². The van der Waals surface area contributed by atoms with Gasteiger partial charge in [0.15, 0.2) is 5.79 Å². The number of fused-ring (bicyclic) bond motifs is 4. The van der Waals surface area contributed by atoms with Crippen LogP contribution in [-0.2, 0) is 14.2 Å². The van der Waals surface area contributed by atoms with Crippen LogP contribution in [0.1, 0.15) is 103 Å². The van der Waals surface area contributed by atoms with Gasteiger partial charge in [0.05, 0.1) is 37.3 Å². The van der Waals surface area contributed by atoms with E-state index in [1.165, 1.54) is 22.3 Å². The fraction of sp³-hybridized carbons (Fsp3) is 0.692. The summed E-state index contributed by atoms with van der Waals surface area (Å²) < 4.78 is 18.2. The van der Waals surface area contributed by atoms with E-state index in [4.69, 9.17) is 14.2 Å². The van der Waals surface area contributed by atoms with Gasteiger partial charge in [0.2, 0.25) is 0 Å². The largest absolute Gasteiger partial charge is 0.499 e. The van der Waals surface area contributed by atoms with Crippen LogP contribution in [0, 0.1) is 22.7 Å². The van der Waals surface area contributed by atoms with Crippen LogP contribution in [0.15, 0.2) is 53.8 Å². The van der Waals surface area contributed by atoms with Crippen molar-refractivity contribution in [2.75, 3.05) is 39.6 Å². The van der Waals surface area contributed by atoms with Crippen molar-refractivity contribution < 1.29 is 24.4 Å². The molecule has 1 saturated heterocycles. The molecule has 1 aromatic rings. The fourth-order valence-electron chi connectivity index (χ4n) is 9.40. The maximum absolute atomic E-state index is 12.4. The summed E-state index contributed by atoms with van der Waals surface area (Å²) in [4.78, 5) is 0. The van der Waals surface area contributed by atoms with Crippen LogP contribution in [0.2, 0.25) is 0 Å². The van der Waals surface area contributed by atoms with Gasteiger partial charge in [0.1, 0.15) is 0 Å². The Balaban J connectivity index is 1.17. The molecule has 3 saturated carbocycles. The third-order valence-electron chi connectivity index (χ3n) is 11.9. The maximum atomic E-state index is 12.4. The highest BCUT2D eigenvalue weighted by Crippen LogP contribution is 2.65. The molecular formula is C39H58N2O5. The lowest BCUT2D eigenvalue weighted by Gasteiger charge is -2.57. The number of ether oxygens (including phenoxy) is 3. The predicted octanol–water partition coefficient (Wildman–Crippen LogP) is 6.43. The number of rotatable bonds is 11. The van der Waals surface area contributed by atoms with Crippen molar-refractivity contribution in [2.45, 2.75) is 109 Å². The lowest BCUT2D eigenvalue weighted by Crippen LogP contribution is -2.57. The lowest BCUT2D eigenvalue weighted by molar-refractivity contribution is -0.322. The average molecular weight is 635 g/mol. The Hall–Kier alpha value is -2.00. The molecule has 0 bridgehead atoms. The summed E-state index contributed by atoms with van der Waals surface area (Å²) in [6.45, 7) is 16.9. The van der Waals surface area contributed by atoms with E-state index in [9.17, 15) is 10.2 Å². The van der Waals surface area contributed by atoms with Crippen molar-refractivity contribution in [3.05, 3.63) is 65.0 Å². The molecule has 1 heterocycles. The highest BCUT2D eigenvalue weighted by Gasteiger charge is 2.60. The maximum Gasteiger partial charge on any atom is 0.171 e. The topological polar surface area (TPSA) is 92.2 Å². The first-order valence-electron chi connectivity index (χ1n) is 17.9. The number of hydrogen-bond donors (Lipinski definition) is 4. The van der Waals surface area contributed by atoms with Gasteiger partial charge in [-0.25, -0.2) is 0 Å². The number of aliphatic hydroxyl groups is 2. The molecule has 4 aliphatic carbocycles. The molecule has 0 aromatic heterocycles. The lowest BCUT2D eigenvalue weighted by atomic mass is 9.51.